The highest BCUT2D eigenvalue weighted by molar-refractivity contribution is 6.00. The quantitative estimate of drug-likeness (QED) is 0.873. The van der Waals surface area contributed by atoms with E-state index < -0.39 is 0 Å². The lowest BCUT2D eigenvalue weighted by Crippen LogP contribution is -2.38. The number of amides is 1. The van der Waals surface area contributed by atoms with Gasteiger partial charge in [0.25, 0.3) is 0 Å². The first-order valence-electron chi connectivity index (χ1n) is 6.28. The van der Waals surface area contributed by atoms with Crippen molar-refractivity contribution in [3.63, 3.8) is 0 Å². The third-order valence-electron chi connectivity index (χ3n) is 3.75. The maximum atomic E-state index is 12.5. The van der Waals surface area contributed by atoms with Crippen molar-refractivity contribution in [1.82, 2.24) is 0 Å². The van der Waals surface area contributed by atoms with Crippen molar-refractivity contribution in [3.8, 4) is 11.5 Å². The van der Waals surface area contributed by atoms with E-state index in [-0.39, 0.29) is 11.3 Å². The van der Waals surface area contributed by atoms with E-state index >= 15 is 0 Å². The molecule has 2 rings (SSSR count). The van der Waals surface area contributed by atoms with Crippen molar-refractivity contribution in [2.45, 2.75) is 12.8 Å². The Balaban J connectivity index is 2.32. The highest BCUT2D eigenvalue weighted by Crippen LogP contribution is 2.47. The maximum absolute atomic E-state index is 12.5. The van der Waals surface area contributed by atoms with E-state index in [0.29, 0.717) is 23.7 Å². The molecule has 0 unspecified atom stereocenters. The Bertz CT molecular complexity index is 484. The van der Waals surface area contributed by atoms with Crippen LogP contribution in [-0.2, 0) is 4.79 Å². The number of hydrogen-bond donors (Lipinski definition) is 1. The molecule has 104 valence electrons. The van der Waals surface area contributed by atoms with Gasteiger partial charge in [-0.25, -0.2) is 0 Å². The Morgan fingerprint density at radius 1 is 1.37 bits per heavy atom. The Hall–Kier alpha value is -1.75. The molecule has 0 aromatic heterocycles. The van der Waals surface area contributed by atoms with E-state index in [1.165, 1.54) is 0 Å². The van der Waals surface area contributed by atoms with Crippen LogP contribution in [0.2, 0.25) is 0 Å². The van der Waals surface area contributed by atoms with Crippen LogP contribution in [0.15, 0.2) is 18.2 Å². The number of nitrogens with zero attached hydrogens (tertiary/aromatic N) is 1. The van der Waals surface area contributed by atoms with E-state index in [0.717, 1.165) is 12.8 Å². The van der Waals surface area contributed by atoms with Crippen molar-refractivity contribution in [2.75, 3.05) is 32.7 Å². The van der Waals surface area contributed by atoms with E-state index in [9.17, 15) is 4.79 Å². The Morgan fingerprint density at radius 3 is 2.53 bits per heavy atom. The minimum absolute atomic E-state index is 0.0431. The van der Waals surface area contributed by atoms with Gasteiger partial charge in [-0.3, -0.25) is 4.79 Å². The minimum Gasteiger partial charge on any atom is -0.497 e. The van der Waals surface area contributed by atoms with Gasteiger partial charge in [0.2, 0.25) is 5.91 Å². The van der Waals surface area contributed by atoms with Crippen LogP contribution in [0.5, 0.6) is 11.5 Å². The SMILES string of the molecule is COc1ccc(OC)c(N(C)C(=O)C2(CN)CC2)c1. The first kappa shape index (κ1) is 13.7. The van der Waals surface area contributed by atoms with Crippen molar-refractivity contribution < 1.29 is 14.3 Å². The fourth-order valence-electron chi connectivity index (χ4n) is 2.18. The van der Waals surface area contributed by atoms with Gasteiger partial charge in [0.05, 0.1) is 25.3 Å². The van der Waals surface area contributed by atoms with Crippen LogP contribution in [-0.4, -0.2) is 33.7 Å². The predicted octanol–water partition coefficient (Wildman–Crippen LogP) is 1.41. The highest BCUT2D eigenvalue weighted by Gasteiger charge is 2.50. The van der Waals surface area contributed by atoms with Crippen LogP contribution in [0.1, 0.15) is 12.8 Å². The molecule has 2 N–H and O–H groups in total. The van der Waals surface area contributed by atoms with Crippen LogP contribution in [0.3, 0.4) is 0 Å². The molecule has 5 nitrogen and oxygen atoms in total. The zero-order valence-corrected chi connectivity index (χ0v) is 11.6. The fraction of sp³-hybridized carbons (Fsp3) is 0.500. The van der Waals surface area contributed by atoms with Gasteiger partial charge >= 0.3 is 0 Å². The van der Waals surface area contributed by atoms with Crippen molar-refractivity contribution in [2.24, 2.45) is 11.1 Å². The Kier molecular flexibility index (Phi) is 3.66. The van der Waals surface area contributed by atoms with Gasteiger partial charge in [0.15, 0.2) is 0 Å². The molecule has 0 radical (unpaired) electrons. The van der Waals surface area contributed by atoms with Crippen molar-refractivity contribution in [1.29, 1.82) is 0 Å². The number of ether oxygens (including phenoxy) is 2. The molecule has 19 heavy (non-hydrogen) atoms. The number of methoxy groups -OCH3 is 2. The Labute approximate surface area is 113 Å². The molecule has 0 bridgehead atoms. The van der Waals surface area contributed by atoms with Gasteiger partial charge in [-0.05, 0) is 25.0 Å². The van der Waals surface area contributed by atoms with Gasteiger partial charge in [-0.15, -0.1) is 0 Å². The molecular formula is C14H20N2O3. The second kappa shape index (κ2) is 5.09. The lowest BCUT2D eigenvalue weighted by molar-refractivity contribution is -0.123. The molecule has 0 aliphatic heterocycles. The lowest BCUT2D eigenvalue weighted by Gasteiger charge is -2.24. The second-order valence-electron chi connectivity index (χ2n) is 4.89. The summed E-state index contributed by atoms with van der Waals surface area (Å²) in [6.45, 7) is 0.391. The first-order valence-corrected chi connectivity index (χ1v) is 6.28. The number of rotatable bonds is 5. The van der Waals surface area contributed by atoms with Gasteiger partial charge in [-0.2, -0.15) is 0 Å². The van der Waals surface area contributed by atoms with Crippen molar-refractivity contribution in [3.05, 3.63) is 18.2 Å². The molecule has 1 aliphatic rings. The molecule has 1 aromatic rings. The average molecular weight is 264 g/mol. The standard InChI is InChI=1S/C14H20N2O3/c1-16(13(17)14(9-15)6-7-14)11-8-10(18-2)4-5-12(11)19-3/h4-5,8H,6-7,9,15H2,1-3H3. The number of hydrogen-bond acceptors (Lipinski definition) is 4. The largest absolute Gasteiger partial charge is 0.497 e. The number of benzene rings is 1. The molecule has 1 saturated carbocycles. The zero-order chi connectivity index (χ0) is 14.0. The number of anilines is 1. The monoisotopic (exact) mass is 264 g/mol. The van der Waals surface area contributed by atoms with Gasteiger partial charge < -0.3 is 20.1 Å². The first-order chi connectivity index (χ1) is 9.07. The van der Waals surface area contributed by atoms with Crippen LogP contribution < -0.4 is 20.1 Å². The molecular weight excluding hydrogens is 244 g/mol. The van der Waals surface area contributed by atoms with Gasteiger partial charge in [-0.1, -0.05) is 0 Å². The summed E-state index contributed by atoms with van der Waals surface area (Å²) in [7, 11) is 4.92. The maximum Gasteiger partial charge on any atom is 0.234 e. The summed E-state index contributed by atoms with van der Waals surface area (Å²) in [6, 6.07) is 5.39. The van der Waals surface area contributed by atoms with E-state index in [1.807, 2.05) is 0 Å². The highest BCUT2D eigenvalue weighted by atomic mass is 16.5. The van der Waals surface area contributed by atoms with Crippen LogP contribution in [0.25, 0.3) is 0 Å². The second-order valence-corrected chi connectivity index (χ2v) is 4.89. The summed E-state index contributed by atoms with van der Waals surface area (Å²) < 4.78 is 10.5. The smallest absolute Gasteiger partial charge is 0.234 e. The van der Waals surface area contributed by atoms with E-state index in [1.54, 1.807) is 44.4 Å². The summed E-state index contributed by atoms with van der Waals surface area (Å²) in [5, 5.41) is 0. The normalized spacial score (nSPS) is 15.8. The summed E-state index contributed by atoms with van der Waals surface area (Å²) in [6.07, 6.45) is 1.72. The number of nitrogens with two attached hydrogens (primary N) is 1. The molecule has 1 aliphatic carbocycles. The fourth-order valence-corrected chi connectivity index (χ4v) is 2.18. The zero-order valence-electron chi connectivity index (χ0n) is 11.6. The molecule has 0 atom stereocenters. The third-order valence-corrected chi connectivity index (χ3v) is 3.75. The molecule has 0 heterocycles. The van der Waals surface area contributed by atoms with E-state index in [4.69, 9.17) is 15.2 Å². The van der Waals surface area contributed by atoms with Gasteiger partial charge in [0, 0.05) is 19.7 Å². The van der Waals surface area contributed by atoms with Gasteiger partial charge in [0.1, 0.15) is 11.5 Å². The molecule has 1 fully saturated rings. The van der Waals surface area contributed by atoms with Crippen LogP contribution >= 0.6 is 0 Å². The summed E-state index contributed by atoms with van der Waals surface area (Å²) in [5.41, 5.74) is 6.04. The Morgan fingerprint density at radius 2 is 2.05 bits per heavy atom. The average Bonchev–Trinajstić information content (AvgIpc) is 3.26. The minimum atomic E-state index is -0.372. The topological polar surface area (TPSA) is 64.8 Å². The summed E-state index contributed by atoms with van der Waals surface area (Å²) in [4.78, 5) is 14.1. The molecule has 1 aromatic carbocycles. The third kappa shape index (κ3) is 2.38. The summed E-state index contributed by atoms with van der Waals surface area (Å²) in [5.74, 6) is 1.37. The molecule has 0 saturated heterocycles. The lowest BCUT2D eigenvalue weighted by atomic mass is 10.1. The predicted molar refractivity (Wildman–Crippen MR) is 73.7 cm³/mol. The molecule has 1 amide bonds. The summed E-state index contributed by atoms with van der Waals surface area (Å²) >= 11 is 0. The van der Waals surface area contributed by atoms with Crippen molar-refractivity contribution >= 4 is 11.6 Å². The molecule has 5 heteroatoms. The number of carbonyl (C=O) groups is 1. The van der Waals surface area contributed by atoms with Crippen LogP contribution in [0, 0.1) is 5.41 Å². The molecule has 0 spiro atoms. The number of carbonyl (C=O) groups excluding carboxylic acids is 1. The van der Waals surface area contributed by atoms with Crippen LogP contribution in [0.4, 0.5) is 5.69 Å². The van der Waals surface area contributed by atoms with E-state index in [2.05, 4.69) is 0 Å².